The first kappa shape index (κ1) is 21.0. The van der Waals surface area contributed by atoms with Crippen molar-refractivity contribution in [2.45, 2.75) is 45.3 Å². The van der Waals surface area contributed by atoms with Crippen LogP contribution in [0.1, 0.15) is 34.8 Å². The summed E-state index contributed by atoms with van der Waals surface area (Å²) in [4.78, 5) is 21.2. The number of carbonyl (C=O) groups excluding carboxylic acids is 1. The number of amides is 1. The van der Waals surface area contributed by atoms with E-state index in [2.05, 4.69) is 52.6 Å². The lowest BCUT2D eigenvalue weighted by Gasteiger charge is -2.40. The lowest BCUT2D eigenvalue weighted by atomic mass is 10.0. The summed E-state index contributed by atoms with van der Waals surface area (Å²) < 4.78 is 6.07. The Morgan fingerprint density at radius 1 is 1.31 bits per heavy atom. The Kier molecular flexibility index (Phi) is 5.43. The van der Waals surface area contributed by atoms with Crippen LogP contribution in [0.3, 0.4) is 0 Å². The average Bonchev–Trinajstić information content (AvgIpc) is 3.11. The van der Waals surface area contributed by atoms with E-state index in [1.165, 1.54) is 17.0 Å². The molecule has 1 aromatic carbocycles. The fourth-order valence-electron chi connectivity index (χ4n) is 4.56. The van der Waals surface area contributed by atoms with Crippen molar-refractivity contribution in [2.75, 3.05) is 30.3 Å². The van der Waals surface area contributed by atoms with Crippen molar-refractivity contribution < 1.29 is 9.53 Å². The molecule has 2 aliphatic rings. The fourth-order valence-corrected chi connectivity index (χ4v) is 5.61. The third-order valence-corrected chi connectivity index (χ3v) is 7.71. The number of nitrogens with zero attached hydrogens (tertiary/aromatic N) is 2. The molecule has 3 atom stereocenters. The molecular weight excluding hydrogens is 422 g/mol. The lowest BCUT2D eigenvalue weighted by Crippen LogP contribution is -2.55. The number of ether oxygens (including phenoxy) is 1. The number of piperazine rings is 1. The van der Waals surface area contributed by atoms with E-state index in [-0.39, 0.29) is 11.9 Å². The maximum Gasteiger partial charge on any atom is 0.263 e. The number of rotatable bonds is 3. The Morgan fingerprint density at radius 2 is 2.16 bits per heavy atom. The molecular formula is C24H29N5O2S. The number of hydrogen-bond donors (Lipinski definition) is 3. The van der Waals surface area contributed by atoms with Crippen LogP contribution in [0.15, 0.2) is 30.3 Å². The summed E-state index contributed by atoms with van der Waals surface area (Å²) in [5.41, 5.74) is 9.96. The van der Waals surface area contributed by atoms with Gasteiger partial charge in [-0.3, -0.25) is 4.79 Å². The number of nitrogens with two attached hydrogens (primary N) is 1. The summed E-state index contributed by atoms with van der Waals surface area (Å²) in [6.45, 7) is 8.80. The van der Waals surface area contributed by atoms with Gasteiger partial charge in [0.15, 0.2) is 0 Å². The van der Waals surface area contributed by atoms with Gasteiger partial charge in [-0.05, 0) is 51.0 Å². The van der Waals surface area contributed by atoms with Crippen molar-refractivity contribution in [2.24, 2.45) is 0 Å². The van der Waals surface area contributed by atoms with E-state index in [9.17, 15) is 4.79 Å². The number of hydrogen-bond acceptors (Lipinski definition) is 7. The highest BCUT2D eigenvalue weighted by Gasteiger charge is 2.28. The van der Waals surface area contributed by atoms with Crippen LogP contribution in [0, 0.1) is 6.92 Å². The molecule has 168 valence electrons. The Hall–Kier alpha value is -2.84. The normalized spacial score (nSPS) is 23.0. The van der Waals surface area contributed by atoms with Gasteiger partial charge in [0, 0.05) is 48.0 Å². The zero-order valence-corrected chi connectivity index (χ0v) is 19.5. The summed E-state index contributed by atoms with van der Waals surface area (Å²) >= 11 is 1.34. The highest BCUT2D eigenvalue weighted by atomic mass is 32.1. The molecule has 2 aromatic heterocycles. The standard InChI is InChI=1S/C24H29N5O2S/c1-13-4-7-19-21(25)22(32-24(19)27-13)23(30)28-17-10-16-5-6-18(11-20(16)31-12-17)29-9-8-26-14(2)15(29)3/h4-7,11,14-15,17,26H,8-10,12,25H2,1-3H3,(H,28,30)/t14-,15+,17+/m0/s1. The van der Waals surface area contributed by atoms with Gasteiger partial charge in [0.1, 0.15) is 22.1 Å². The van der Waals surface area contributed by atoms with Crippen LogP contribution in [0.5, 0.6) is 5.75 Å². The number of fused-ring (bicyclic) bond motifs is 2. The topological polar surface area (TPSA) is 92.5 Å². The first-order valence-electron chi connectivity index (χ1n) is 11.1. The largest absolute Gasteiger partial charge is 0.491 e. The minimum Gasteiger partial charge on any atom is -0.491 e. The zero-order chi connectivity index (χ0) is 22.4. The van der Waals surface area contributed by atoms with E-state index >= 15 is 0 Å². The lowest BCUT2D eigenvalue weighted by molar-refractivity contribution is 0.0920. The number of anilines is 2. The second-order valence-electron chi connectivity index (χ2n) is 8.80. The van der Waals surface area contributed by atoms with Crippen molar-refractivity contribution >= 4 is 38.8 Å². The van der Waals surface area contributed by atoms with Gasteiger partial charge in [-0.1, -0.05) is 6.07 Å². The van der Waals surface area contributed by atoms with E-state index < -0.39 is 0 Å². The third kappa shape index (κ3) is 3.78. The van der Waals surface area contributed by atoms with Gasteiger partial charge in [0.25, 0.3) is 5.91 Å². The first-order valence-corrected chi connectivity index (χ1v) is 11.9. The van der Waals surface area contributed by atoms with Crippen molar-refractivity contribution in [1.29, 1.82) is 0 Å². The molecule has 8 heteroatoms. The van der Waals surface area contributed by atoms with Gasteiger partial charge >= 0.3 is 0 Å². The summed E-state index contributed by atoms with van der Waals surface area (Å²) in [6, 6.07) is 11.0. The van der Waals surface area contributed by atoms with E-state index in [1.807, 2.05) is 19.1 Å². The Bertz CT molecular complexity index is 1180. The molecule has 32 heavy (non-hydrogen) atoms. The third-order valence-electron chi connectivity index (χ3n) is 6.60. The Morgan fingerprint density at radius 3 is 3.00 bits per heavy atom. The van der Waals surface area contributed by atoms with Crippen molar-refractivity contribution in [3.05, 3.63) is 46.5 Å². The maximum atomic E-state index is 13.0. The van der Waals surface area contributed by atoms with Crippen LogP contribution < -0.4 is 26.0 Å². The van der Waals surface area contributed by atoms with Gasteiger partial charge in [-0.2, -0.15) is 0 Å². The molecule has 0 saturated carbocycles. The number of nitrogen functional groups attached to an aromatic ring is 1. The minimum absolute atomic E-state index is 0.0988. The molecule has 4 N–H and O–H groups in total. The number of nitrogens with one attached hydrogen (secondary N) is 2. The number of pyridine rings is 1. The average molecular weight is 452 g/mol. The Balaban J connectivity index is 1.30. The zero-order valence-electron chi connectivity index (χ0n) is 18.6. The van der Waals surface area contributed by atoms with Crippen molar-refractivity contribution in [3.63, 3.8) is 0 Å². The molecule has 4 heterocycles. The van der Waals surface area contributed by atoms with Gasteiger partial charge in [0.05, 0.1) is 11.7 Å². The molecule has 7 nitrogen and oxygen atoms in total. The molecule has 0 spiro atoms. The van der Waals surface area contributed by atoms with E-state index in [1.54, 1.807) is 0 Å². The van der Waals surface area contributed by atoms with Gasteiger partial charge in [-0.25, -0.2) is 4.98 Å². The first-order chi connectivity index (χ1) is 15.4. The molecule has 5 rings (SSSR count). The summed E-state index contributed by atoms with van der Waals surface area (Å²) in [5.74, 6) is 0.743. The second kappa shape index (κ2) is 8.26. The molecule has 2 aliphatic heterocycles. The Labute approximate surface area is 192 Å². The van der Waals surface area contributed by atoms with Crippen molar-refractivity contribution in [3.8, 4) is 5.75 Å². The van der Waals surface area contributed by atoms with E-state index in [0.29, 0.717) is 29.3 Å². The van der Waals surface area contributed by atoms with Crippen LogP contribution in [0.4, 0.5) is 11.4 Å². The molecule has 1 amide bonds. The summed E-state index contributed by atoms with van der Waals surface area (Å²) in [5, 5.41) is 7.46. The molecule has 1 fully saturated rings. The van der Waals surface area contributed by atoms with E-state index in [0.717, 1.165) is 46.7 Å². The smallest absolute Gasteiger partial charge is 0.263 e. The van der Waals surface area contributed by atoms with Gasteiger partial charge in [0.2, 0.25) is 0 Å². The van der Waals surface area contributed by atoms with Crippen LogP contribution in [-0.2, 0) is 6.42 Å². The predicted octanol–water partition coefficient (Wildman–Crippen LogP) is 3.11. The van der Waals surface area contributed by atoms with Crippen molar-refractivity contribution in [1.82, 2.24) is 15.6 Å². The molecule has 0 radical (unpaired) electrons. The van der Waals surface area contributed by atoms with Gasteiger partial charge in [-0.15, -0.1) is 11.3 Å². The van der Waals surface area contributed by atoms with Crippen LogP contribution in [0.25, 0.3) is 10.2 Å². The minimum atomic E-state index is -0.166. The molecule has 0 unspecified atom stereocenters. The molecule has 0 aliphatic carbocycles. The highest BCUT2D eigenvalue weighted by molar-refractivity contribution is 7.21. The number of carbonyl (C=O) groups is 1. The van der Waals surface area contributed by atoms with Crippen LogP contribution in [0.2, 0.25) is 0 Å². The quantitative estimate of drug-likeness (QED) is 0.567. The summed E-state index contributed by atoms with van der Waals surface area (Å²) in [6.07, 6.45) is 0.733. The monoisotopic (exact) mass is 451 g/mol. The maximum absolute atomic E-state index is 13.0. The van der Waals surface area contributed by atoms with E-state index in [4.69, 9.17) is 10.5 Å². The molecule has 1 saturated heterocycles. The fraction of sp³-hybridized carbons (Fsp3) is 0.417. The van der Waals surface area contributed by atoms with Gasteiger partial charge < -0.3 is 26.0 Å². The second-order valence-corrected chi connectivity index (χ2v) is 9.80. The number of aromatic nitrogens is 1. The molecule has 0 bridgehead atoms. The highest BCUT2D eigenvalue weighted by Crippen LogP contribution is 2.34. The number of aryl methyl sites for hydroxylation is 1. The number of thiophene rings is 1. The SMILES string of the molecule is Cc1ccc2c(N)c(C(=O)N[C@H]3COc4cc(N5CCN[C@@H](C)[C@H]5C)ccc4C3)sc2n1. The summed E-state index contributed by atoms with van der Waals surface area (Å²) in [7, 11) is 0. The number of benzene rings is 1. The molecule has 3 aromatic rings. The van der Waals surface area contributed by atoms with Crippen LogP contribution in [-0.4, -0.2) is 48.7 Å². The van der Waals surface area contributed by atoms with Crippen LogP contribution >= 0.6 is 11.3 Å². The predicted molar refractivity (Wildman–Crippen MR) is 130 cm³/mol.